The summed E-state index contributed by atoms with van der Waals surface area (Å²) in [5, 5.41) is 8.19. The average molecular weight is 532 g/mol. The maximum atomic E-state index is 12.8. The van der Waals surface area contributed by atoms with Gasteiger partial charge in [-0.3, -0.25) is 9.78 Å². The van der Waals surface area contributed by atoms with Crippen molar-refractivity contribution in [1.29, 1.82) is 0 Å². The molecule has 1 saturated carbocycles. The summed E-state index contributed by atoms with van der Waals surface area (Å²) in [7, 11) is 7.18. The van der Waals surface area contributed by atoms with Gasteiger partial charge in [0.2, 0.25) is 0 Å². The highest BCUT2D eigenvalue weighted by atomic mass is 32.2. The van der Waals surface area contributed by atoms with Crippen LogP contribution in [0.4, 0.5) is 0 Å². The summed E-state index contributed by atoms with van der Waals surface area (Å²) in [5.41, 5.74) is 3.49. The number of likely N-dealkylation sites (N-methyl/N-ethyl adjacent to an activating group) is 1. The van der Waals surface area contributed by atoms with Crippen LogP contribution in [0, 0.1) is 0 Å². The number of nitrogens with zero attached hydrogens (tertiary/aromatic N) is 3. The van der Waals surface area contributed by atoms with E-state index >= 15 is 0 Å². The molecule has 2 N–H and O–H groups in total. The lowest BCUT2D eigenvalue weighted by atomic mass is 10.1. The zero-order valence-electron chi connectivity index (χ0n) is 22.1. The Morgan fingerprint density at radius 2 is 2.00 bits per heavy atom. The van der Waals surface area contributed by atoms with Crippen molar-refractivity contribution in [1.82, 2.24) is 20.5 Å². The number of benzene rings is 2. The van der Waals surface area contributed by atoms with Crippen LogP contribution in [0.1, 0.15) is 33.8 Å². The van der Waals surface area contributed by atoms with Gasteiger partial charge in [-0.1, -0.05) is 48.2 Å². The van der Waals surface area contributed by atoms with Gasteiger partial charge in [0.1, 0.15) is 11.3 Å². The van der Waals surface area contributed by atoms with Crippen LogP contribution in [0.5, 0.6) is 5.75 Å². The molecular weight excluding hydrogens is 498 g/mol. The Morgan fingerprint density at radius 3 is 2.74 bits per heavy atom. The summed E-state index contributed by atoms with van der Waals surface area (Å²) in [6.07, 6.45) is 4.38. The smallest absolute Gasteiger partial charge is 0.256 e. The Bertz CT molecular complexity index is 1380. The van der Waals surface area contributed by atoms with Crippen molar-refractivity contribution in [2.24, 2.45) is 4.99 Å². The number of nitrogens with one attached hydrogen (secondary N) is 2. The van der Waals surface area contributed by atoms with Crippen LogP contribution < -0.4 is 15.4 Å². The van der Waals surface area contributed by atoms with Crippen LogP contribution in [0.15, 0.2) is 64.6 Å². The van der Waals surface area contributed by atoms with Gasteiger partial charge in [0.05, 0.1) is 12.6 Å². The lowest BCUT2D eigenvalue weighted by Crippen LogP contribution is -2.31. The number of amidine groups is 1. The highest BCUT2D eigenvalue weighted by molar-refractivity contribution is 8.17. The molecule has 1 fully saturated rings. The molecule has 8 nitrogen and oxygen atoms in total. The van der Waals surface area contributed by atoms with E-state index in [1.54, 1.807) is 32.2 Å². The van der Waals surface area contributed by atoms with Crippen LogP contribution in [0.2, 0.25) is 0 Å². The number of ether oxygens (including phenoxy) is 2. The maximum absolute atomic E-state index is 12.8. The number of methoxy groups -OCH3 is 2. The van der Waals surface area contributed by atoms with Gasteiger partial charge in [0.25, 0.3) is 5.91 Å². The molecule has 5 rings (SSSR count). The molecule has 1 aliphatic heterocycles. The third kappa shape index (κ3) is 5.85. The van der Waals surface area contributed by atoms with E-state index in [0.29, 0.717) is 29.8 Å². The molecule has 2 aromatic carbocycles. The number of amides is 1. The molecule has 2 unspecified atom stereocenters. The molecule has 2 aliphatic rings. The molecule has 198 valence electrons. The fourth-order valence-electron chi connectivity index (χ4n) is 4.59. The van der Waals surface area contributed by atoms with Gasteiger partial charge in [-0.2, -0.15) is 0 Å². The number of pyridine rings is 1. The number of thioether (sulfide) groups is 1. The summed E-state index contributed by atoms with van der Waals surface area (Å²) in [4.78, 5) is 25.1. The van der Waals surface area contributed by atoms with Crippen molar-refractivity contribution in [3.63, 3.8) is 0 Å². The second-order valence-corrected chi connectivity index (χ2v) is 10.8. The van der Waals surface area contributed by atoms with Crippen LogP contribution in [0.25, 0.3) is 17.0 Å². The van der Waals surface area contributed by atoms with Gasteiger partial charge in [-0.05, 0) is 49.9 Å². The molecule has 3 atom stereocenters. The molecule has 1 amide bonds. The Hall–Kier alpha value is -3.40. The van der Waals surface area contributed by atoms with E-state index in [1.165, 1.54) is 5.56 Å². The largest absolute Gasteiger partial charge is 0.495 e. The maximum Gasteiger partial charge on any atom is 0.256 e. The number of hydrogen-bond donors (Lipinski definition) is 2. The summed E-state index contributed by atoms with van der Waals surface area (Å²) < 4.78 is 11.4. The number of fused-ring (bicyclic) bond motifs is 1. The first-order chi connectivity index (χ1) is 18.5. The molecule has 0 radical (unpaired) electrons. The van der Waals surface area contributed by atoms with Crippen LogP contribution >= 0.6 is 11.8 Å². The fraction of sp³-hybridized carbons (Fsp3) is 0.345. The van der Waals surface area contributed by atoms with E-state index in [-0.39, 0.29) is 12.1 Å². The third-order valence-corrected chi connectivity index (χ3v) is 7.66. The van der Waals surface area contributed by atoms with E-state index in [2.05, 4.69) is 46.0 Å². The Labute approximate surface area is 227 Å². The minimum absolute atomic E-state index is 0.203. The van der Waals surface area contributed by atoms with E-state index in [4.69, 9.17) is 14.5 Å². The summed E-state index contributed by atoms with van der Waals surface area (Å²) in [5.74, 6) is 0.827. The number of aliphatic imine (C=N–C) groups is 1. The topological polar surface area (TPSA) is 88.1 Å². The van der Waals surface area contributed by atoms with Crippen molar-refractivity contribution in [3.8, 4) is 5.75 Å². The van der Waals surface area contributed by atoms with Crippen LogP contribution in [-0.2, 0) is 4.74 Å². The van der Waals surface area contributed by atoms with Gasteiger partial charge in [-0.25, -0.2) is 4.99 Å². The molecule has 2 heterocycles. The summed E-state index contributed by atoms with van der Waals surface area (Å²) in [6, 6.07) is 16.9. The second-order valence-electron chi connectivity index (χ2n) is 9.72. The fourth-order valence-corrected chi connectivity index (χ4v) is 5.61. The summed E-state index contributed by atoms with van der Waals surface area (Å²) in [6.45, 7) is 1.29. The van der Waals surface area contributed by atoms with Crippen molar-refractivity contribution >= 4 is 39.8 Å². The highest BCUT2D eigenvalue weighted by Gasteiger charge is 2.40. The van der Waals surface area contributed by atoms with Crippen molar-refractivity contribution in [3.05, 3.63) is 76.3 Å². The van der Waals surface area contributed by atoms with Gasteiger partial charge in [-0.15, -0.1) is 0 Å². The monoisotopic (exact) mass is 531 g/mol. The number of aromatic nitrogens is 1. The SMILES string of the molecule is COc1c(C(=O)NCCN(C)C)cnc2ccc(/C=C3\SC(NC4C[C@H]4c4ccccc4)=NC3OC)cc12. The highest BCUT2D eigenvalue weighted by Crippen LogP contribution is 2.42. The summed E-state index contributed by atoms with van der Waals surface area (Å²) >= 11 is 1.60. The zero-order valence-corrected chi connectivity index (χ0v) is 22.9. The Morgan fingerprint density at radius 1 is 1.18 bits per heavy atom. The predicted molar refractivity (Wildman–Crippen MR) is 154 cm³/mol. The first-order valence-corrected chi connectivity index (χ1v) is 13.5. The minimum Gasteiger partial charge on any atom is -0.495 e. The molecule has 1 aliphatic carbocycles. The Balaban J connectivity index is 1.33. The molecule has 0 saturated heterocycles. The number of carbonyl (C=O) groups is 1. The lowest BCUT2D eigenvalue weighted by molar-refractivity contribution is 0.0948. The first-order valence-electron chi connectivity index (χ1n) is 12.7. The normalized spacial score (nSPS) is 21.6. The molecule has 0 bridgehead atoms. The second kappa shape index (κ2) is 11.6. The van der Waals surface area contributed by atoms with E-state index < -0.39 is 0 Å². The number of hydrogen-bond acceptors (Lipinski definition) is 8. The minimum atomic E-state index is -0.360. The molecule has 0 spiro atoms. The van der Waals surface area contributed by atoms with Crippen molar-refractivity contribution in [2.45, 2.75) is 24.6 Å². The average Bonchev–Trinajstić information content (AvgIpc) is 3.58. The van der Waals surface area contributed by atoms with Gasteiger partial charge >= 0.3 is 0 Å². The lowest BCUT2D eigenvalue weighted by Gasteiger charge is -2.14. The third-order valence-electron chi connectivity index (χ3n) is 6.69. The Kier molecular flexibility index (Phi) is 7.97. The predicted octanol–water partition coefficient (Wildman–Crippen LogP) is 4.10. The zero-order chi connectivity index (χ0) is 26.6. The van der Waals surface area contributed by atoms with Crippen LogP contribution in [0.3, 0.4) is 0 Å². The van der Waals surface area contributed by atoms with E-state index in [1.807, 2.05) is 43.3 Å². The number of rotatable bonds is 9. The van der Waals surface area contributed by atoms with E-state index in [0.717, 1.165) is 39.5 Å². The van der Waals surface area contributed by atoms with Crippen LogP contribution in [-0.4, -0.2) is 74.6 Å². The molecule has 3 aromatic rings. The molecule has 1 aromatic heterocycles. The van der Waals surface area contributed by atoms with Crippen molar-refractivity contribution in [2.75, 3.05) is 41.4 Å². The molecule has 9 heteroatoms. The van der Waals surface area contributed by atoms with Gasteiger partial charge < -0.3 is 25.0 Å². The van der Waals surface area contributed by atoms with Crippen molar-refractivity contribution < 1.29 is 14.3 Å². The van der Waals surface area contributed by atoms with E-state index in [9.17, 15) is 4.79 Å². The quantitative estimate of drug-likeness (QED) is 0.430. The first kappa shape index (κ1) is 26.2. The standard InChI is InChI=1S/C29H33N5O3S/c1-34(2)13-12-30-27(35)22-17-31-23-11-10-18(14-21(23)26(22)36-3)15-25-28(37-4)33-29(38-25)32-24-16-20(24)19-8-6-5-7-9-19/h5-11,14-15,17,20,24,28H,12-13,16H2,1-4H3,(H,30,35)(H,32,33)/b25-15-/t20-,24?,28?/m0/s1. The molecular formula is C29H33N5O3S. The molecule has 38 heavy (non-hydrogen) atoms. The van der Waals surface area contributed by atoms with Gasteiger partial charge in [0, 0.05) is 48.6 Å². The van der Waals surface area contributed by atoms with Gasteiger partial charge in [0.15, 0.2) is 11.4 Å². The number of carbonyl (C=O) groups excluding carboxylic acids is 1.